The van der Waals surface area contributed by atoms with Crippen molar-refractivity contribution in [2.24, 2.45) is 7.05 Å². The molecule has 6 heteroatoms. The number of rotatable bonds is 2. The first kappa shape index (κ1) is 7.64. The monoisotopic (exact) mass is 159 g/mol. The molecule has 0 saturated heterocycles. The number of aryl methyl sites for hydroxylation is 1. The molecule has 1 atom stereocenters. The highest BCUT2D eigenvalue weighted by atomic mass is 19.1. The van der Waals surface area contributed by atoms with Crippen LogP contribution in [-0.2, 0) is 11.8 Å². The van der Waals surface area contributed by atoms with Gasteiger partial charge in [-0.15, -0.1) is 0 Å². The Kier molecular flexibility index (Phi) is 1.84. The minimum Gasteiger partial charge on any atom is -0.479 e. The maximum Gasteiger partial charge on any atom is 0.346 e. The number of aliphatic carboxylic acids is 1. The first-order valence-corrected chi connectivity index (χ1v) is 2.83. The van der Waals surface area contributed by atoms with Crippen LogP contribution in [0.2, 0.25) is 0 Å². The van der Waals surface area contributed by atoms with Gasteiger partial charge in [-0.25, -0.2) is 14.2 Å². The van der Waals surface area contributed by atoms with Crippen molar-refractivity contribution >= 4 is 5.97 Å². The van der Waals surface area contributed by atoms with E-state index in [-0.39, 0.29) is 5.82 Å². The summed E-state index contributed by atoms with van der Waals surface area (Å²) in [5.41, 5.74) is 0. The van der Waals surface area contributed by atoms with Gasteiger partial charge >= 0.3 is 5.97 Å². The average Bonchev–Trinajstić information content (AvgIpc) is 2.34. The topological polar surface area (TPSA) is 68.0 Å². The molecule has 0 aliphatic heterocycles. The van der Waals surface area contributed by atoms with Gasteiger partial charge in [0, 0.05) is 7.05 Å². The zero-order valence-electron chi connectivity index (χ0n) is 5.73. The van der Waals surface area contributed by atoms with E-state index in [4.69, 9.17) is 5.11 Å². The lowest BCUT2D eigenvalue weighted by Crippen LogP contribution is -2.08. The van der Waals surface area contributed by atoms with Crippen LogP contribution < -0.4 is 0 Å². The van der Waals surface area contributed by atoms with Crippen LogP contribution in [0.15, 0.2) is 6.33 Å². The quantitative estimate of drug-likeness (QED) is 0.654. The molecule has 0 spiro atoms. The van der Waals surface area contributed by atoms with Crippen molar-refractivity contribution in [3.05, 3.63) is 12.2 Å². The number of alkyl halides is 1. The lowest BCUT2D eigenvalue weighted by Gasteiger charge is -1.93. The van der Waals surface area contributed by atoms with E-state index in [0.717, 1.165) is 0 Å². The van der Waals surface area contributed by atoms with Gasteiger partial charge in [-0.2, -0.15) is 5.10 Å². The zero-order chi connectivity index (χ0) is 8.43. The van der Waals surface area contributed by atoms with E-state index in [2.05, 4.69) is 10.1 Å². The van der Waals surface area contributed by atoms with Gasteiger partial charge in [0.25, 0.3) is 6.17 Å². The van der Waals surface area contributed by atoms with Crippen LogP contribution in [0.4, 0.5) is 4.39 Å². The molecule has 60 valence electrons. The van der Waals surface area contributed by atoms with Crippen molar-refractivity contribution in [2.75, 3.05) is 0 Å². The van der Waals surface area contributed by atoms with E-state index in [9.17, 15) is 9.18 Å². The third kappa shape index (κ3) is 1.51. The fourth-order valence-electron chi connectivity index (χ4n) is 0.583. The molecule has 1 N–H and O–H groups in total. The molecule has 1 rings (SSSR count). The normalized spacial score (nSPS) is 12.9. The van der Waals surface area contributed by atoms with Crippen molar-refractivity contribution in [1.82, 2.24) is 14.8 Å². The number of halogens is 1. The van der Waals surface area contributed by atoms with E-state index in [1.807, 2.05) is 0 Å². The molecule has 0 saturated carbocycles. The predicted octanol–water partition coefficient (Wildman–Crippen LogP) is -0.0897. The molecule has 1 heterocycles. The molecule has 1 aromatic rings. The Morgan fingerprint density at radius 2 is 2.55 bits per heavy atom. The summed E-state index contributed by atoms with van der Waals surface area (Å²) in [5, 5.41) is 11.7. The van der Waals surface area contributed by atoms with Crippen LogP contribution in [0.1, 0.15) is 12.0 Å². The number of hydrogen-bond donors (Lipinski definition) is 1. The third-order valence-electron chi connectivity index (χ3n) is 1.06. The second-order valence-electron chi connectivity index (χ2n) is 1.98. The Balaban J connectivity index is 2.84. The summed E-state index contributed by atoms with van der Waals surface area (Å²) in [6.45, 7) is 0. The Morgan fingerprint density at radius 3 is 2.91 bits per heavy atom. The predicted molar refractivity (Wildman–Crippen MR) is 32.5 cm³/mol. The van der Waals surface area contributed by atoms with Gasteiger partial charge in [0.1, 0.15) is 6.33 Å². The number of carboxylic acids is 1. The largest absolute Gasteiger partial charge is 0.479 e. The van der Waals surface area contributed by atoms with Crippen molar-refractivity contribution in [1.29, 1.82) is 0 Å². The number of aromatic nitrogens is 3. The van der Waals surface area contributed by atoms with E-state index in [1.54, 1.807) is 0 Å². The molecule has 1 aromatic heterocycles. The maximum atomic E-state index is 12.5. The molecule has 5 nitrogen and oxygen atoms in total. The zero-order valence-corrected chi connectivity index (χ0v) is 5.73. The lowest BCUT2D eigenvalue weighted by atomic mass is 10.4. The average molecular weight is 159 g/mol. The maximum absolute atomic E-state index is 12.5. The molecule has 0 aliphatic rings. The SMILES string of the molecule is Cn1cnc(C(F)C(=O)O)n1. The molecule has 0 fully saturated rings. The van der Waals surface area contributed by atoms with Crippen molar-refractivity contribution in [2.45, 2.75) is 6.17 Å². The van der Waals surface area contributed by atoms with E-state index in [1.165, 1.54) is 18.1 Å². The fourth-order valence-corrected chi connectivity index (χ4v) is 0.583. The van der Waals surface area contributed by atoms with Gasteiger partial charge in [-0.3, -0.25) is 4.68 Å². The van der Waals surface area contributed by atoms with Gasteiger partial charge in [-0.1, -0.05) is 0 Å². The smallest absolute Gasteiger partial charge is 0.346 e. The Hall–Kier alpha value is -1.46. The van der Waals surface area contributed by atoms with Gasteiger partial charge in [0.2, 0.25) is 0 Å². The molecule has 11 heavy (non-hydrogen) atoms. The van der Waals surface area contributed by atoms with E-state index >= 15 is 0 Å². The van der Waals surface area contributed by atoms with Crippen molar-refractivity contribution in [3.63, 3.8) is 0 Å². The van der Waals surface area contributed by atoms with E-state index < -0.39 is 12.1 Å². The molecular weight excluding hydrogens is 153 g/mol. The lowest BCUT2D eigenvalue weighted by molar-refractivity contribution is -0.143. The van der Waals surface area contributed by atoms with Crippen molar-refractivity contribution in [3.8, 4) is 0 Å². The van der Waals surface area contributed by atoms with Crippen molar-refractivity contribution < 1.29 is 14.3 Å². The molecule has 1 unspecified atom stereocenters. The Bertz CT molecular complexity index is 272. The summed E-state index contributed by atoms with van der Waals surface area (Å²) in [6.07, 6.45) is -0.888. The van der Waals surface area contributed by atoms with Gasteiger partial charge in [0.15, 0.2) is 5.82 Å². The number of carbonyl (C=O) groups is 1. The molecular formula is C5H6FN3O2. The first-order chi connectivity index (χ1) is 5.11. The summed E-state index contributed by atoms with van der Waals surface area (Å²) in [7, 11) is 1.53. The Morgan fingerprint density at radius 1 is 1.91 bits per heavy atom. The minimum absolute atomic E-state index is 0.319. The highest BCUT2D eigenvalue weighted by molar-refractivity contribution is 5.72. The third-order valence-corrected chi connectivity index (χ3v) is 1.06. The molecule has 0 radical (unpaired) electrons. The highest BCUT2D eigenvalue weighted by Crippen LogP contribution is 2.10. The second-order valence-corrected chi connectivity index (χ2v) is 1.98. The van der Waals surface area contributed by atoms with Gasteiger partial charge in [-0.05, 0) is 0 Å². The summed E-state index contributed by atoms with van der Waals surface area (Å²) in [6, 6.07) is 0. The number of nitrogens with zero attached hydrogens (tertiary/aromatic N) is 3. The second kappa shape index (κ2) is 2.65. The number of hydrogen-bond acceptors (Lipinski definition) is 3. The standard InChI is InChI=1S/C5H6FN3O2/c1-9-2-7-4(8-9)3(6)5(10)11/h2-3H,1H3,(H,10,11). The van der Waals surface area contributed by atoms with Crippen LogP contribution in [0.3, 0.4) is 0 Å². The first-order valence-electron chi connectivity index (χ1n) is 2.83. The van der Waals surface area contributed by atoms with Crippen LogP contribution in [0.25, 0.3) is 0 Å². The Labute approximate surface area is 61.5 Å². The van der Waals surface area contributed by atoms with Crippen LogP contribution >= 0.6 is 0 Å². The fraction of sp³-hybridized carbons (Fsp3) is 0.400. The van der Waals surface area contributed by atoms with Gasteiger partial charge in [0.05, 0.1) is 0 Å². The van der Waals surface area contributed by atoms with Crippen LogP contribution in [0, 0.1) is 0 Å². The number of carboxylic acid groups (broad SMARTS) is 1. The van der Waals surface area contributed by atoms with Crippen LogP contribution in [0.5, 0.6) is 0 Å². The minimum atomic E-state index is -2.13. The summed E-state index contributed by atoms with van der Waals surface area (Å²) >= 11 is 0. The van der Waals surface area contributed by atoms with Crippen LogP contribution in [-0.4, -0.2) is 25.8 Å². The summed E-state index contributed by atoms with van der Waals surface area (Å²) < 4.78 is 13.8. The van der Waals surface area contributed by atoms with E-state index in [0.29, 0.717) is 0 Å². The van der Waals surface area contributed by atoms with Gasteiger partial charge < -0.3 is 5.11 Å². The summed E-state index contributed by atoms with van der Waals surface area (Å²) in [4.78, 5) is 13.5. The molecule has 0 bridgehead atoms. The molecule has 0 amide bonds. The molecule has 0 aromatic carbocycles. The summed E-state index contributed by atoms with van der Waals surface area (Å²) in [5.74, 6) is -1.89. The highest BCUT2D eigenvalue weighted by Gasteiger charge is 2.22. The molecule has 0 aliphatic carbocycles.